The molecule has 13 heavy (non-hydrogen) atoms. The molecule has 0 bridgehead atoms. The lowest BCUT2D eigenvalue weighted by Gasteiger charge is -2.28. The van der Waals surface area contributed by atoms with Crippen molar-refractivity contribution in [1.29, 1.82) is 0 Å². The predicted octanol–water partition coefficient (Wildman–Crippen LogP) is 2.00. The van der Waals surface area contributed by atoms with E-state index in [0.717, 1.165) is 24.4 Å². The standard InChI is InChI=1S/C10H12ClNO/c1-7-3-2-4-9(11)10(7)13-8-5-12-6-8/h2-4,8,12H,5-6H2,1H3. The molecule has 0 aliphatic carbocycles. The first-order valence-corrected chi connectivity index (χ1v) is 4.77. The summed E-state index contributed by atoms with van der Waals surface area (Å²) in [5.74, 6) is 0.829. The van der Waals surface area contributed by atoms with E-state index in [-0.39, 0.29) is 0 Å². The third kappa shape index (κ3) is 1.79. The van der Waals surface area contributed by atoms with Crippen molar-refractivity contribution in [3.8, 4) is 5.75 Å². The lowest BCUT2D eigenvalue weighted by molar-refractivity contribution is 0.141. The van der Waals surface area contributed by atoms with Gasteiger partial charge in [-0.2, -0.15) is 0 Å². The van der Waals surface area contributed by atoms with E-state index in [4.69, 9.17) is 16.3 Å². The van der Waals surface area contributed by atoms with Gasteiger partial charge in [0.25, 0.3) is 0 Å². The lowest BCUT2D eigenvalue weighted by atomic mass is 10.2. The monoisotopic (exact) mass is 197 g/mol. The van der Waals surface area contributed by atoms with Crippen molar-refractivity contribution in [1.82, 2.24) is 5.32 Å². The predicted molar refractivity (Wildman–Crippen MR) is 53.5 cm³/mol. The quantitative estimate of drug-likeness (QED) is 0.783. The Hall–Kier alpha value is -0.730. The highest BCUT2D eigenvalue weighted by Gasteiger charge is 2.20. The molecule has 1 aromatic rings. The minimum atomic E-state index is 0.290. The fourth-order valence-electron chi connectivity index (χ4n) is 1.28. The Morgan fingerprint density at radius 1 is 1.46 bits per heavy atom. The largest absolute Gasteiger partial charge is 0.486 e. The normalized spacial score (nSPS) is 16.8. The molecular weight excluding hydrogens is 186 g/mol. The number of hydrogen-bond acceptors (Lipinski definition) is 2. The van der Waals surface area contributed by atoms with Crippen molar-refractivity contribution in [3.05, 3.63) is 28.8 Å². The molecule has 1 aromatic carbocycles. The number of benzene rings is 1. The Balaban J connectivity index is 2.17. The second kappa shape index (κ2) is 3.56. The molecule has 0 atom stereocenters. The topological polar surface area (TPSA) is 21.3 Å². The molecule has 3 heteroatoms. The molecule has 2 nitrogen and oxygen atoms in total. The summed E-state index contributed by atoms with van der Waals surface area (Å²) in [6, 6.07) is 5.80. The minimum Gasteiger partial charge on any atom is -0.486 e. The summed E-state index contributed by atoms with van der Waals surface area (Å²) in [4.78, 5) is 0. The van der Waals surface area contributed by atoms with E-state index in [9.17, 15) is 0 Å². The Labute approximate surface area is 82.9 Å². The Morgan fingerprint density at radius 3 is 2.77 bits per heavy atom. The van der Waals surface area contributed by atoms with E-state index in [1.54, 1.807) is 0 Å². The maximum Gasteiger partial charge on any atom is 0.141 e. The second-order valence-electron chi connectivity index (χ2n) is 3.28. The van der Waals surface area contributed by atoms with Gasteiger partial charge in [-0.15, -0.1) is 0 Å². The van der Waals surface area contributed by atoms with Crippen LogP contribution in [0.1, 0.15) is 5.56 Å². The van der Waals surface area contributed by atoms with E-state index in [1.807, 2.05) is 25.1 Å². The van der Waals surface area contributed by atoms with E-state index in [0.29, 0.717) is 11.1 Å². The first-order chi connectivity index (χ1) is 6.27. The van der Waals surface area contributed by atoms with Crippen LogP contribution in [0.5, 0.6) is 5.75 Å². The number of hydrogen-bond donors (Lipinski definition) is 1. The van der Waals surface area contributed by atoms with Crippen LogP contribution in [-0.4, -0.2) is 19.2 Å². The highest BCUT2D eigenvalue weighted by Crippen LogP contribution is 2.29. The van der Waals surface area contributed by atoms with Crippen molar-refractivity contribution in [3.63, 3.8) is 0 Å². The van der Waals surface area contributed by atoms with Gasteiger partial charge in [-0.1, -0.05) is 23.7 Å². The van der Waals surface area contributed by atoms with Crippen LogP contribution in [0.3, 0.4) is 0 Å². The number of para-hydroxylation sites is 1. The highest BCUT2D eigenvalue weighted by atomic mass is 35.5. The Morgan fingerprint density at radius 2 is 2.23 bits per heavy atom. The van der Waals surface area contributed by atoms with Gasteiger partial charge < -0.3 is 10.1 Å². The molecule has 70 valence electrons. The van der Waals surface area contributed by atoms with Crippen LogP contribution in [0.25, 0.3) is 0 Å². The van der Waals surface area contributed by atoms with Crippen LogP contribution in [0.2, 0.25) is 5.02 Å². The van der Waals surface area contributed by atoms with Crippen molar-refractivity contribution >= 4 is 11.6 Å². The molecule has 0 radical (unpaired) electrons. The molecular formula is C10H12ClNO. The van der Waals surface area contributed by atoms with Gasteiger partial charge >= 0.3 is 0 Å². The van der Waals surface area contributed by atoms with Crippen molar-refractivity contribution in [2.45, 2.75) is 13.0 Å². The molecule has 0 spiro atoms. The molecule has 0 saturated carbocycles. The first-order valence-electron chi connectivity index (χ1n) is 4.40. The van der Waals surface area contributed by atoms with Crippen molar-refractivity contribution in [2.75, 3.05) is 13.1 Å². The van der Waals surface area contributed by atoms with E-state index in [1.165, 1.54) is 0 Å². The number of halogens is 1. The molecule has 0 amide bonds. The maximum absolute atomic E-state index is 6.01. The second-order valence-corrected chi connectivity index (χ2v) is 3.69. The van der Waals surface area contributed by atoms with Crippen molar-refractivity contribution < 1.29 is 4.74 Å². The summed E-state index contributed by atoms with van der Waals surface area (Å²) in [7, 11) is 0. The van der Waals surface area contributed by atoms with Crippen LogP contribution >= 0.6 is 11.6 Å². The molecule has 1 aliphatic heterocycles. The summed E-state index contributed by atoms with van der Waals surface area (Å²) in [6.07, 6.45) is 0.290. The molecule has 2 rings (SSSR count). The number of aryl methyl sites for hydroxylation is 1. The smallest absolute Gasteiger partial charge is 0.141 e. The van der Waals surface area contributed by atoms with Crippen LogP contribution in [0.4, 0.5) is 0 Å². The summed E-state index contributed by atoms with van der Waals surface area (Å²) in [5.41, 5.74) is 1.10. The summed E-state index contributed by atoms with van der Waals surface area (Å²) in [6.45, 7) is 3.85. The third-order valence-corrected chi connectivity index (χ3v) is 2.49. The molecule has 1 heterocycles. The zero-order chi connectivity index (χ0) is 9.26. The Kier molecular flexibility index (Phi) is 2.42. The molecule has 1 fully saturated rings. The average Bonchev–Trinajstić information content (AvgIpc) is 2.00. The number of nitrogens with one attached hydrogen (secondary N) is 1. The van der Waals surface area contributed by atoms with Gasteiger partial charge in [0.15, 0.2) is 0 Å². The van der Waals surface area contributed by atoms with E-state index >= 15 is 0 Å². The van der Waals surface area contributed by atoms with Gasteiger partial charge in [-0.05, 0) is 18.6 Å². The molecule has 1 saturated heterocycles. The third-order valence-electron chi connectivity index (χ3n) is 2.19. The number of ether oxygens (including phenoxy) is 1. The highest BCUT2D eigenvalue weighted by molar-refractivity contribution is 6.32. The van der Waals surface area contributed by atoms with Gasteiger partial charge in [0.2, 0.25) is 0 Å². The van der Waals surface area contributed by atoms with Gasteiger partial charge in [-0.3, -0.25) is 0 Å². The van der Waals surface area contributed by atoms with Crippen LogP contribution < -0.4 is 10.1 Å². The van der Waals surface area contributed by atoms with Crippen LogP contribution in [0, 0.1) is 6.92 Å². The fraction of sp³-hybridized carbons (Fsp3) is 0.400. The lowest BCUT2D eigenvalue weighted by Crippen LogP contribution is -2.50. The van der Waals surface area contributed by atoms with E-state index in [2.05, 4.69) is 5.32 Å². The summed E-state index contributed by atoms with van der Waals surface area (Å²) < 4.78 is 5.72. The molecule has 1 aliphatic rings. The first kappa shape index (κ1) is 8.85. The molecule has 0 aromatic heterocycles. The van der Waals surface area contributed by atoms with Gasteiger partial charge in [0, 0.05) is 13.1 Å². The molecule has 1 N–H and O–H groups in total. The summed E-state index contributed by atoms with van der Waals surface area (Å²) in [5, 5.41) is 3.85. The Bertz CT molecular complexity index is 290. The van der Waals surface area contributed by atoms with E-state index < -0.39 is 0 Å². The number of rotatable bonds is 2. The fourth-order valence-corrected chi connectivity index (χ4v) is 1.54. The maximum atomic E-state index is 6.01. The van der Waals surface area contributed by atoms with Crippen molar-refractivity contribution in [2.24, 2.45) is 0 Å². The van der Waals surface area contributed by atoms with Gasteiger partial charge in [0.05, 0.1) is 5.02 Å². The van der Waals surface area contributed by atoms with Crippen LogP contribution in [0.15, 0.2) is 18.2 Å². The van der Waals surface area contributed by atoms with Crippen LogP contribution in [-0.2, 0) is 0 Å². The van der Waals surface area contributed by atoms with Gasteiger partial charge in [0.1, 0.15) is 11.9 Å². The average molecular weight is 198 g/mol. The SMILES string of the molecule is Cc1cccc(Cl)c1OC1CNC1. The minimum absolute atomic E-state index is 0.290. The zero-order valence-electron chi connectivity index (χ0n) is 7.51. The molecule has 0 unspecified atom stereocenters. The zero-order valence-corrected chi connectivity index (χ0v) is 8.27. The van der Waals surface area contributed by atoms with Gasteiger partial charge in [-0.25, -0.2) is 0 Å². The summed E-state index contributed by atoms with van der Waals surface area (Å²) >= 11 is 6.01.